The summed E-state index contributed by atoms with van der Waals surface area (Å²) in [7, 11) is 0. The molecule has 0 bridgehead atoms. The molecule has 0 aliphatic carbocycles. The van der Waals surface area contributed by atoms with Crippen LogP contribution < -0.4 is 10.6 Å². The Morgan fingerprint density at radius 1 is 0.568 bits per heavy atom. The maximum atomic E-state index is 13.7. The number of rotatable bonds is 12. The minimum atomic E-state index is -1.25. The average molecular weight is 599 g/mol. The number of carboxylic acid groups (broad SMARTS) is 2. The molecule has 5 rings (SSSR count). The number of aromatic carboxylic acids is 2. The van der Waals surface area contributed by atoms with Crippen LogP contribution in [0.1, 0.15) is 82.0 Å². The molecule has 0 spiro atoms. The molecule has 5 aromatic carbocycles. The number of nitrogens with one attached hydrogen (secondary N) is 2. The Morgan fingerprint density at radius 2 is 0.886 bits per heavy atom. The molecule has 0 aliphatic heterocycles. The molecule has 228 valence electrons. The summed E-state index contributed by atoms with van der Waals surface area (Å²) in [5, 5.41) is 29.7. The summed E-state index contributed by atoms with van der Waals surface area (Å²) in [6.07, 6.45) is 0.405. The molecule has 2 amide bonds. The van der Waals surface area contributed by atoms with E-state index in [9.17, 15) is 29.4 Å². The van der Waals surface area contributed by atoms with E-state index in [1.165, 1.54) is 12.1 Å². The molecule has 10 heteroatoms. The highest BCUT2D eigenvalue weighted by Gasteiger charge is 2.26. The maximum absolute atomic E-state index is 13.7. The van der Waals surface area contributed by atoms with Crippen molar-refractivity contribution in [3.8, 4) is 0 Å². The predicted octanol–water partition coefficient (Wildman–Crippen LogP) is 6.14. The molecule has 2 atom stereocenters. The Labute approximate surface area is 253 Å². The van der Waals surface area contributed by atoms with Gasteiger partial charge in [0.25, 0.3) is 11.8 Å². The van der Waals surface area contributed by atoms with Gasteiger partial charge in [-0.15, -0.1) is 0 Å². The summed E-state index contributed by atoms with van der Waals surface area (Å²) >= 11 is 0. The molecule has 0 aromatic heterocycles. The topological polar surface area (TPSA) is 151 Å². The van der Waals surface area contributed by atoms with Crippen LogP contribution in [0.25, 0.3) is 43.1 Å². The highest BCUT2D eigenvalue weighted by atomic mass is 16.5. The van der Waals surface area contributed by atoms with Gasteiger partial charge in [-0.2, -0.15) is 0 Å². The van der Waals surface area contributed by atoms with Crippen molar-refractivity contribution in [2.45, 2.75) is 53.0 Å². The van der Waals surface area contributed by atoms with Gasteiger partial charge in [-0.3, -0.25) is 9.59 Å². The number of carboxylic acids is 2. The predicted molar refractivity (Wildman–Crippen MR) is 168 cm³/mol. The van der Waals surface area contributed by atoms with Crippen molar-refractivity contribution in [2.75, 3.05) is 13.2 Å². The third kappa shape index (κ3) is 5.38. The average Bonchev–Trinajstić information content (AvgIpc) is 3.00. The van der Waals surface area contributed by atoms with Crippen LogP contribution in [0.3, 0.4) is 0 Å². The van der Waals surface area contributed by atoms with E-state index in [0.29, 0.717) is 50.9 Å². The van der Waals surface area contributed by atoms with E-state index in [1.54, 1.807) is 50.2 Å². The zero-order valence-electron chi connectivity index (χ0n) is 24.9. The normalized spacial score (nSPS) is 13.0. The van der Waals surface area contributed by atoms with E-state index in [2.05, 4.69) is 10.6 Å². The first-order chi connectivity index (χ1) is 21.1. The minimum Gasteiger partial charge on any atom is -0.478 e. The second-order valence-electron chi connectivity index (χ2n) is 10.7. The zero-order chi connectivity index (χ0) is 31.7. The zero-order valence-corrected chi connectivity index (χ0v) is 24.9. The number of carbonyl (C=O) groups is 4. The van der Waals surface area contributed by atoms with Gasteiger partial charge >= 0.3 is 11.9 Å². The summed E-state index contributed by atoms with van der Waals surface area (Å²) in [5.41, 5.74) is 0.260. The fourth-order valence-corrected chi connectivity index (χ4v) is 5.82. The molecule has 0 saturated carbocycles. The summed E-state index contributed by atoms with van der Waals surface area (Å²) in [4.78, 5) is 51.8. The lowest BCUT2D eigenvalue weighted by molar-refractivity contribution is 0.0383. The molecule has 44 heavy (non-hydrogen) atoms. The number of benzene rings is 5. The lowest BCUT2D eigenvalue weighted by Crippen LogP contribution is -2.36. The number of ether oxygens (including phenoxy) is 2. The van der Waals surface area contributed by atoms with Gasteiger partial charge in [-0.1, -0.05) is 38.1 Å². The fraction of sp³-hybridized carbons (Fsp3) is 0.294. The van der Waals surface area contributed by atoms with Gasteiger partial charge in [0.2, 0.25) is 0 Å². The number of hydrogen-bond donors (Lipinski definition) is 4. The highest BCUT2D eigenvalue weighted by molar-refractivity contribution is 6.38. The van der Waals surface area contributed by atoms with Crippen LogP contribution in [0.15, 0.2) is 48.5 Å². The van der Waals surface area contributed by atoms with E-state index in [4.69, 9.17) is 9.47 Å². The Balaban J connectivity index is 1.84. The maximum Gasteiger partial charge on any atom is 0.336 e. The van der Waals surface area contributed by atoms with Crippen LogP contribution in [-0.4, -0.2) is 59.6 Å². The van der Waals surface area contributed by atoms with Gasteiger partial charge in [-0.05, 0) is 83.3 Å². The fourth-order valence-electron chi connectivity index (χ4n) is 5.82. The second kappa shape index (κ2) is 12.4. The number of fused-ring (bicyclic) bond motifs is 2. The Morgan fingerprint density at radius 3 is 1.20 bits per heavy atom. The number of hydrogen-bond acceptors (Lipinski definition) is 6. The Kier molecular flexibility index (Phi) is 8.66. The number of carbonyl (C=O) groups excluding carboxylic acids is 2. The van der Waals surface area contributed by atoms with Crippen LogP contribution >= 0.6 is 0 Å². The van der Waals surface area contributed by atoms with Crippen molar-refractivity contribution < 1.29 is 38.9 Å². The molecule has 2 unspecified atom stereocenters. The van der Waals surface area contributed by atoms with E-state index in [1.807, 2.05) is 13.8 Å². The molecule has 5 aromatic rings. The molecule has 10 nitrogen and oxygen atoms in total. The van der Waals surface area contributed by atoms with Crippen molar-refractivity contribution in [3.63, 3.8) is 0 Å². The summed E-state index contributed by atoms with van der Waals surface area (Å²) in [5.74, 6) is -3.35. The molecule has 0 saturated heterocycles. The summed E-state index contributed by atoms with van der Waals surface area (Å²) < 4.78 is 11.3. The largest absolute Gasteiger partial charge is 0.478 e. The van der Waals surface area contributed by atoms with Crippen molar-refractivity contribution in [1.29, 1.82) is 0 Å². The molecular formula is C34H34N2O8. The Bertz CT molecular complexity index is 1800. The monoisotopic (exact) mass is 598 g/mol. The van der Waals surface area contributed by atoms with E-state index in [0.717, 1.165) is 12.8 Å². The lowest BCUT2D eigenvalue weighted by atomic mass is 9.84. The van der Waals surface area contributed by atoms with E-state index < -0.39 is 36.2 Å². The SMILES string of the molecule is CCCOC(C)NC(=O)c1ccc2c3ccc(C(=O)O)c4c(C(=O)O)ccc(c5ccc(C(=O)NC(C)OCCC)c1c25)c43. The molecule has 4 N–H and O–H groups in total. The number of amides is 2. The third-order valence-electron chi connectivity index (χ3n) is 7.66. The van der Waals surface area contributed by atoms with Gasteiger partial charge in [0.1, 0.15) is 12.5 Å². The second-order valence-corrected chi connectivity index (χ2v) is 10.7. The molecule has 0 fully saturated rings. The smallest absolute Gasteiger partial charge is 0.336 e. The van der Waals surface area contributed by atoms with E-state index >= 15 is 0 Å². The van der Waals surface area contributed by atoms with E-state index in [-0.39, 0.29) is 27.6 Å². The van der Waals surface area contributed by atoms with Crippen molar-refractivity contribution in [1.82, 2.24) is 10.6 Å². The van der Waals surface area contributed by atoms with Crippen molar-refractivity contribution in [3.05, 3.63) is 70.8 Å². The third-order valence-corrected chi connectivity index (χ3v) is 7.66. The molecule has 0 heterocycles. The highest BCUT2D eigenvalue weighted by Crippen LogP contribution is 2.44. The van der Waals surface area contributed by atoms with Crippen LogP contribution in [0.2, 0.25) is 0 Å². The molecule has 0 radical (unpaired) electrons. The first kappa shape index (κ1) is 30.7. The van der Waals surface area contributed by atoms with Crippen LogP contribution in [0.4, 0.5) is 0 Å². The minimum absolute atomic E-state index is 0.117. The van der Waals surface area contributed by atoms with Gasteiger partial charge in [0.15, 0.2) is 0 Å². The van der Waals surface area contributed by atoms with Gasteiger partial charge < -0.3 is 30.3 Å². The lowest BCUT2D eigenvalue weighted by Gasteiger charge is -2.21. The van der Waals surface area contributed by atoms with Crippen LogP contribution in [-0.2, 0) is 9.47 Å². The van der Waals surface area contributed by atoms with Gasteiger partial charge in [-0.25, -0.2) is 9.59 Å². The quantitative estimate of drug-likeness (QED) is 0.0760. The first-order valence-corrected chi connectivity index (χ1v) is 14.6. The van der Waals surface area contributed by atoms with Crippen molar-refractivity contribution in [2.24, 2.45) is 0 Å². The van der Waals surface area contributed by atoms with Gasteiger partial charge in [0, 0.05) is 35.1 Å². The van der Waals surface area contributed by atoms with Gasteiger partial charge in [0.05, 0.1) is 11.1 Å². The Hall–Kier alpha value is -4.80. The summed E-state index contributed by atoms with van der Waals surface area (Å²) in [6.45, 7) is 8.33. The van der Waals surface area contributed by atoms with Crippen LogP contribution in [0.5, 0.6) is 0 Å². The molecular weight excluding hydrogens is 564 g/mol. The summed E-state index contributed by atoms with van der Waals surface area (Å²) in [6, 6.07) is 12.8. The van der Waals surface area contributed by atoms with Crippen LogP contribution in [0, 0.1) is 0 Å². The first-order valence-electron chi connectivity index (χ1n) is 14.6. The standard InChI is InChI=1S/C34H34N2O8/c1-5-15-43-17(3)35-31(37)23-11-7-19-21-9-13-25(33(39)40)30-26(34(41)42)14-10-22(28(21)30)20-8-12-24(29(23)27(19)20)32(38)36-18(4)44-16-6-2/h7-14,17-18H,5-6,15-16H2,1-4H3,(H,35,37)(H,36,38)(H,39,40)(H,41,42). The molecule has 0 aliphatic rings. The van der Waals surface area contributed by atoms with Crippen molar-refractivity contribution >= 4 is 66.8 Å².